The molecule has 4 heteroatoms. The Morgan fingerprint density at radius 2 is 2.40 bits per heavy atom. The Hall–Kier alpha value is -1.32. The van der Waals surface area contributed by atoms with Gasteiger partial charge in [0.05, 0.1) is 6.67 Å². The van der Waals surface area contributed by atoms with Gasteiger partial charge in [0.1, 0.15) is 5.70 Å². The lowest BCUT2D eigenvalue weighted by atomic mass is 10.2. The lowest BCUT2D eigenvalue weighted by Crippen LogP contribution is -2.18. The predicted molar refractivity (Wildman–Crippen MR) is 36.3 cm³/mol. The van der Waals surface area contributed by atoms with Crippen LogP contribution in [0.3, 0.4) is 0 Å². The second kappa shape index (κ2) is 1.83. The summed E-state index contributed by atoms with van der Waals surface area (Å²) in [4.78, 5) is 15.0. The number of rotatable bonds is 0. The van der Waals surface area contributed by atoms with E-state index in [0.29, 0.717) is 24.6 Å². The van der Waals surface area contributed by atoms with Gasteiger partial charge in [-0.2, -0.15) is 0 Å². The number of ketones is 1. The molecule has 0 bridgehead atoms. The van der Waals surface area contributed by atoms with Crippen LogP contribution in [0.5, 0.6) is 0 Å². The molecule has 0 saturated heterocycles. The van der Waals surface area contributed by atoms with Gasteiger partial charge in [0, 0.05) is 12.6 Å². The molecule has 0 amide bonds. The van der Waals surface area contributed by atoms with Gasteiger partial charge in [-0.05, 0) is 0 Å². The fourth-order valence-corrected chi connectivity index (χ4v) is 1.05. The van der Waals surface area contributed by atoms with Crippen molar-refractivity contribution in [3.05, 3.63) is 11.5 Å². The molecule has 10 heavy (non-hydrogen) atoms. The van der Waals surface area contributed by atoms with Gasteiger partial charge in [0.15, 0.2) is 11.6 Å². The minimum Gasteiger partial charge on any atom is -0.362 e. The summed E-state index contributed by atoms with van der Waals surface area (Å²) < 4.78 is 0. The number of nitrogens with one attached hydrogen (secondary N) is 2. The molecule has 0 aromatic heterocycles. The Morgan fingerprint density at radius 3 is 3.20 bits per heavy atom. The van der Waals surface area contributed by atoms with Crippen LogP contribution in [0.2, 0.25) is 0 Å². The van der Waals surface area contributed by atoms with E-state index in [2.05, 4.69) is 15.6 Å². The van der Waals surface area contributed by atoms with E-state index >= 15 is 0 Å². The van der Waals surface area contributed by atoms with Crippen molar-refractivity contribution in [1.82, 2.24) is 10.6 Å². The van der Waals surface area contributed by atoms with E-state index in [-0.39, 0.29) is 5.78 Å². The summed E-state index contributed by atoms with van der Waals surface area (Å²) in [5.74, 6) is 0.811. The minimum absolute atomic E-state index is 0.120. The molecule has 0 atom stereocenters. The summed E-state index contributed by atoms with van der Waals surface area (Å²) in [6.07, 6.45) is 2.05. The highest BCUT2D eigenvalue weighted by atomic mass is 16.1. The van der Waals surface area contributed by atoms with Crippen molar-refractivity contribution in [3.63, 3.8) is 0 Å². The zero-order chi connectivity index (χ0) is 6.97. The van der Waals surface area contributed by atoms with Gasteiger partial charge in [-0.25, -0.2) is 4.99 Å². The number of allylic oxidation sites excluding steroid dienone is 1. The van der Waals surface area contributed by atoms with E-state index in [1.54, 1.807) is 6.21 Å². The van der Waals surface area contributed by atoms with E-state index in [0.717, 1.165) is 0 Å². The molecule has 0 radical (unpaired) electrons. The summed E-state index contributed by atoms with van der Waals surface area (Å²) in [5.41, 5.74) is 0.641. The average molecular weight is 137 g/mol. The molecule has 4 nitrogen and oxygen atoms in total. The monoisotopic (exact) mass is 137 g/mol. The van der Waals surface area contributed by atoms with E-state index in [1.807, 2.05) is 0 Å². The maximum atomic E-state index is 11.0. The number of carbonyl (C=O) groups is 1. The molecule has 0 aromatic rings. The maximum Gasteiger partial charge on any atom is 0.187 e. The predicted octanol–water partition coefficient (Wildman–Crippen LogP) is -0.651. The zero-order valence-corrected chi connectivity index (χ0v) is 5.35. The van der Waals surface area contributed by atoms with E-state index < -0.39 is 0 Å². The van der Waals surface area contributed by atoms with Gasteiger partial charge < -0.3 is 10.6 Å². The van der Waals surface area contributed by atoms with Crippen molar-refractivity contribution in [1.29, 1.82) is 0 Å². The van der Waals surface area contributed by atoms with E-state index in [4.69, 9.17) is 0 Å². The molecule has 2 N–H and O–H groups in total. The third-order valence-corrected chi connectivity index (χ3v) is 1.53. The summed E-state index contributed by atoms with van der Waals surface area (Å²) >= 11 is 0. The highest BCUT2D eigenvalue weighted by Crippen LogP contribution is 2.11. The summed E-state index contributed by atoms with van der Waals surface area (Å²) in [6, 6.07) is 0. The third-order valence-electron chi connectivity index (χ3n) is 1.53. The Morgan fingerprint density at radius 1 is 1.50 bits per heavy atom. The van der Waals surface area contributed by atoms with Crippen LogP contribution < -0.4 is 10.6 Å². The molecule has 0 fully saturated rings. The fourth-order valence-electron chi connectivity index (χ4n) is 1.05. The first-order valence-electron chi connectivity index (χ1n) is 3.15. The molecule has 0 saturated carbocycles. The van der Waals surface area contributed by atoms with Gasteiger partial charge in [0.2, 0.25) is 0 Å². The van der Waals surface area contributed by atoms with Crippen LogP contribution >= 0.6 is 0 Å². The van der Waals surface area contributed by atoms with Gasteiger partial charge in [0.25, 0.3) is 0 Å². The molecule has 0 spiro atoms. The average Bonchev–Trinajstić information content (AvgIpc) is 2.36. The van der Waals surface area contributed by atoms with Gasteiger partial charge >= 0.3 is 0 Å². The Balaban J connectivity index is 2.39. The highest BCUT2D eigenvalue weighted by Gasteiger charge is 2.21. The second-order valence-corrected chi connectivity index (χ2v) is 2.19. The van der Waals surface area contributed by atoms with Crippen molar-refractivity contribution in [2.45, 2.75) is 6.42 Å². The number of hydrogen-bond donors (Lipinski definition) is 2. The van der Waals surface area contributed by atoms with Gasteiger partial charge in [-0.3, -0.25) is 4.79 Å². The molecule has 2 aliphatic heterocycles. The Bertz CT molecular complexity index is 241. The maximum absolute atomic E-state index is 11.0. The van der Waals surface area contributed by atoms with Crippen molar-refractivity contribution >= 4 is 12.0 Å². The normalized spacial score (nSPS) is 22.2. The quantitative estimate of drug-likeness (QED) is 0.466. The van der Waals surface area contributed by atoms with Crippen LogP contribution in [0, 0.1) is 0 Å². The number of Topliss-reactive ketones (excluding diaryl/α,β-unsaturated/α-hetero) is 1. The first kappa shape index (κ1) is 5.46. The molecular weight excluding hydrogens is 130 g/mol. The topological polar surface area (TPSA) is 53.5 Å². The van der Waals surface area contributed by atoms with Crippen LogP contribution in [0.25, 0.3) is 0 Å². The summed E-state index contributed by atoms with van der Waals surface area (Å²) in [7, 11) is 0. The molecule has 2 heterocycles. The van der Waals surface area contributed by atoms with Crippen molar-refractivity contribution in [3.8, 4) is 0 Å². The van der Waals surface area contributed by atoms with Crippen LogP contribution in [0.4, 0.5) is 0 Å². The SMILES string of the molecule is O=C1CC=NC2=C1NCN2. The Kier molecular flexibility index (Phi) is 1.00. The number of aliphatic imine (C=N–C) groups is 1. The molecular formula is C6H7N3O. The van der Waals surface area contributed by atoms with Crippen molar-refractivity contribution < 1.29 is 4.79 Å². The minimum atomic E-state index is 0.120. The lowest BCUT2D eigenvalue weighted by Gasteiger charge is -2.03. The molecule has 0 aliphatic carbocycles. The second-order valence-electron chi connectivity index (χ2n) is 2.19. The van der Waals surface area contributed by atoms with Crippen LogP contribution in [-0.2, 0) is 4.79 Å². The first-order chi connectivity index (χ1) is 4.88. The van der Waals surface area contributed by atoms with E-state index in [9.17, 15) is 4.79 Å². The summed E-state index contributed by atoms with van der Waals surface area (Å²) in [5, 5.41) is 5.85. The number of nitrogens with zero attached hydrogens (tertiary/aromatic N) is 1. The smallest absolute Gasteiger partial charge is 0.187 e. The summed E-state index contributed by atoms with van der Waals surface area (Å²) in [6.45, 7) is 0.619. The molecule has 2 rings (SSSR count). The third kappa shape index (κ3) is 0.618. The van der Waals surface area contributed by atoms with Crippen LogP contribution in [-0.4, -0.2) is 18.7 Å². The van der Waals surface area contributed by atoms with Crippen molar-refractivity contribution in [2.24, 2.45) is 4.99 Å². The number of hydrogen-bond acceptors (Lipinski definition) is 4. The number of carbonyl (C=O) groups excluding carboxylic acids is 1. The standard InChI is InChI=1S/C6H7N3O/c10-4-1-2-7-6-5(4)8-3-9-6/h2,8-9H,1,3H2. The van der Waals surface area contributed by atoms with Gasteiger partial charge in [-0.1, -0.05) is 0 Å². The van der Waals surface area contributed by atoms with Gasteiger partial charge in [-0.15, -0.1) is 0 Å². The van der Waals surface area contributed by atoms with E-state index in [1.165, 1.54) is 0 Å². The lowest BCUT2D eigenvalue weighted by molar-refractivity contribution is -0.114. The fraction of sp³-hybridized carbons (Fsp3) is 0.333. The Labute approximate surface area is 58.0 Å². The molecule has 0 unspecified atom stereocenters. The molecule has 0 aromatic carbocycles. The van der Waals surface area contributed by atoms with Crippen molar-refractivity contribution in [2.75, 3.05) is 6.67 Å². The first-order valence-corrected chi connectivity index (χ1v) is 3.15. The molecule has 52 valence electrons. The van der Waals surface area contributed by atoms with Crippen LogP contribution in [0.1, 0.15) is 6.42 Å². The van der Waals surface area contributed by atoms with Crippen LogP contribution in [0.15, 0.2) is 16.5 Å². The largest absolute Gasteiger partial charge is 0.362 e. The highest BCUT2D eigenvalue weighted by molar-refractivity contribution is 6.05. The zero-order valence-electron chi connectivity index (χ0n) is 5.35. The molecule has 2 aliphatic rings.